The maximum Gasteiger partial charge on any atom is 0.407 e. The van der Waals surface area contributed by atoms with Crippen molar-refractivity contribution in [2.45, 2.75) is 232 Å². The Kier molecular flexibility index (Phi) is 37.5. The van der Waals surface area contributed by atoms with Crippen LogP contribution in [0.4, 0.5) is 14.4 Å². The van der Waals surface area contributed by atoms with E-state index in [4.69, 9.17) is 38.3 Å². The van der Waals surface area contributed by atoms with Gasteiger partial charge in [-0.2, -0.15) is 0 Å². The smallest absolute Gasteiger partial charge is 0.407 e. The maximum absolute atomic E-state index is 13.2. The molecule has 0 bridgehead atoms. The quantitative estimate of drug-likeness (QED) is 0.0362. The summed E-state index contributed by atoms with van der Waals surface area (Å²) in [6.45, 7) is 39.3. The van der Waals surface area contributed by atoms with Crippen molar-refractivity contribution < 1.29 is 76.6 Å². The van der Waals surface area contributed by atoms with Crippen LogP contribution in [0.2, 0.25) is 0 Å². The van der Waals surface area contributed by atoms with Crippen LogP contribution in [0.1, 0.15) is 239 Å². The lowest BCUT2D eigenvalue weighted by Gasteiger charge is -2.44. The molecule has 4 N–H and O–H groups in total. The van der Waals surface area contributed by atoms with Crippen molar-refractivity contribution >= 4 is 47.9 Å². The summed E-state index contributed by atoms with van der Waals surface area (Å²) < 4.78 is 36.9. The Morgan fingerprint density at radius 3 is 0.763 bits per heavy atom. The molecule has 0 spiro atoms. The van der Waals surface area contributed by atoms with Crippen LogP contribution >= 0.6 is 0 Å². The minimum absolute atomic E-state index is 0.00379. The first-order valence-corrected chi connectivity index (χ1v) is 48.9. The lowest BCUT2D eigenvalue weighted by Crippen LogP contribution is -2.46. The fourth-order valence-corrected chi connectivity index (χ4v) is 19.5. The number of ether oxygens (including phenoxy) is 7. The molecule has 6 amide bonds. The van der Waals surface area contributed by atoms with E-state index in [0.717, 1.165) is 141 Å². The molecule has 0 radical (unpaired) electrons. The van der Waals surface area contributed by atoms with Gasteiger partial charge in [0.2, 0.25) is 0 Å². The summed E-state index contributed by atoms with van der Waals surface area (Å²) in [7, 11) is 5.12. The van der Waals surface area contributed by atoms with Crippen molar-refractivity contribution in [3.05, 3.63) is 302 Å². The minimum atomic E-state index is -0.833. The molecular formula is C114H147N9O16. The van der Waals surface area contributed by atoms with E-state index in [1.807, 2.05) is 113 Å². The van der Waals surface area contributed by atoms with Crippen LogP contribution in [0, 0.1) is 20.8 Å². The van der Waals surface area contributed by atoms with Gasteiger partial charge in [0.15, 0.2) is 0 Å². The number of esters is 1. The van der Waals surface area contributed by atoms with Gasteiger partial charge in [0.05, 0.1) is 46.1 Å². The van der Waals surface area contributed by atoms with E-state index in [9.17, 15) is 33.6 Å². The number of benzene rings is 9. The Hall–Kier alpha value is -12.6. The minimum Gasteiger partial charge on any atom is -0.497 e. The Labute approximate surface area is 823 Å². The van der Waals surface area contributed by atoms with Gasteiger partial charge in [-0.05, 0) is 290 Å². The highest BCUT2D eigenvalue weighted by molar-refractivity contribution is 5.96. The number of nitrogens with zero attached hydrogens (tertiary/aromatic N) is 6. The van der Waals surface area contributed by atoms with Gasteiger partial charge >= 0.3 is 24.2 Å². The first kappa shape index (κ1) is 107. The lowest BCUT2D eigenvalue weighted by molar-refractivity contribution is -0.140. The zero-order valence-corrected chi connectivity index (χ0v) is 84.9. The number of aliphatic carboxylic acids is 1. The molecule has 744 valence electrons. The predicted molar refractivity (Wildman–Crippen MR) is 544 cm³/mol. The molecule has 6 heterocycles. The van der Waals surface area contributed by atoms with Gasteiger partial charge in [-0.15, -0.1) is 0 Å². The van der Waals surface area contributed by atoms with Gasteiger partial charge in [0.1, 0.15) is 34.1 Å². The number of carboxylic acid groups (broad SMARTS) is 1. The number of methoxy groups -OCH3 is 3. The number of aryl methyl sites for hydroxylation is 3. The van der Waals surface area contributed by atoms with E-state index in [2.05, 4.69) is 238 Å². The highest BCUT2D eigenvalue weighted by atomic mass is 16.6. The Morgan fingerprint density at radius 2 is 0.568 bits per heavy atom. The van der Waals surface area contributed by atoms with E-state index in [1.54, 1.807) is 28.3 Å². The molecule has 25 heteroatoms. The predicted octanol–water partition coefficient (Wildman–Crippen LogP) is 19.6. The molecule has 6 unspecified atom stereocenters. The van der Waals surface area contributed by atoms with E-state index in [0.29, 0.717) is 62.6 Å². The number of carbonyl (C=O) groups excluding carboxylic acids is 7. The summed E-state index contributed by atoms with van der Waals surface area (Å²) in [4.78, 5) is 108. The summed E-state index contributed by atoms with van der Waals surface area (Å²) in [5.74, 6) is 1.55. The van der Waals surface area contributed by atoms with E-state index in [-0.39, 0.29) is 58.1 Å². The van der Waals surface area contributed by atoms with Gasteiger partial charge in [-0.1, -0.05) is 162 Å². The fraction of sp³-hybridized carbons (Fsp3) is 0.456. The first-order valence-electron chi connectivity index (χ1n) is 48.9. The van der Waals surface area contributed by atoms with Crippen molar-refractivity contribution in [1.82, 2.24) is 45.3 Å². The van der Waals surface area contributed by atoms with Crippen molar-refractivity contribution in [3.63, 3.8) is 0 Å². The topological polar surface area (TPSA) is 277 Å². The SMILES string of the molecule is CC(=O)O.CCOC(C)=O.COc1ccc(C2(c3ccc(C)cc3)CCCN(Cc3ccc(C(=O)N4CCC(NC(=O)OC(C)(C)C)C4)cc3)C2)cc1.COc1ccc(C2(c3ccc(C)cc3)CCCN(Cc3ccc(C(=O)N4CCC(NC(=O)OC(C)(C)C)C4)cc3)C2)cc1.COc1ccc(C2(c3ccc(C)cc3)CCCN(Cc3ccc(C(=O)N4CCC(NC(=O)OC(C)(C)C)C4)cc3)C2)cc1. The number of likely N-dealkylation sites (tertiary alicyclic amines) is 6. The van der Waals surface area contributed by atoms with Crippen molar-refractivity contribution in [3.8, 4) is 17.2 Å². The molecule has 0 saturated carbocycles. The third-order valence-electron chi connectivity index (χ3n) is 26.2. The van der Waals surface area contributed by atoms with E-state index in [1.165, 1.54) is 73.7 Å². The molecule has 15 rings (SSSR count). The molecule has 25 nitrogen and oxygen atoms in total. The number of amides is 6. The molecule has 0 aliphatic carbocycles. The monoisotopic (exact) mass is 1900 g/mol. The molecule has 6 aliphatic rings. The number of rotatable bonds is 22. The van der Waals surface area contributed by atoms with Gasteiger partial charge in [-0.3, -0.25) is 38.7 Å². The maximum atomic E-state index is 13.2. The third kappa shape index (κ3) is 31.0. The number of hydrogen-bond acceptors (Lipinski definition) is 18. The summed E-state index contributed by atoms with van der Waals surface area (Å²) in [5.41, 5.74) is 15.4. The van der Waals surface area contributed by atoms with Crippen LogP contribution in [-0.4, -0.2) is 224 Å². The number of nitrogens with one attached hydrogen (secondary N) is 3. The Balaban J connectivity index is 0.000000190. The van der Waals surface area contributed by atoms with Crippen LogP contribution < -0.4 is 30.2 Å². The lowest BCUT2D eigenvalue weighted by atomic mass is 9.69. The van der Waals surface area contributed by atoms with E-state index >= 15 is 0 Å². The average molecular weight is 1900 g/mol. The second-order valence-electron chi connectivity index (χ2n) is 40.7. The zero-order chi connectivity index (χ0) is 100. The third-order valence-corrected chi connectivity index (χ3v) is 26.2. The molecule has 9 aromatic rings. The molecule has 6 aliphatic heterocycles. The first-order chi connectivity index (χ1) is 66.1. The van der Waals surface area contributed by atoms with Crippen LogP contribution in [0.5, 0.6) is 17.2 Å². The number of carboxylic acids is 1. The molecule has 6 atom stereocenters. The summed E-state index contributed by atoms with van der Waals surface area (Å²) >= 11 is 0. The van der Waals surface area contributed by atoms with Crippen LogP contribution in [0.3, 0.4) is 0 Å². The van der Waals surface area contributed by atoms with Crippen molar-refractivity contribution in [2.24, 2.45) is 0 Å². The van der Waals surface area contributed by atoms with Crippen molar-refractivity contribution in [2.75, 3.05) is 106 Å². The Morgan fingerprint density at radius 1 is 0.345 bits per heavy atom. The van der Waals surface area contributed by atoms with Crippen LogP contribution in [-0.2, 0) is 64.4 Å². The van der Waals surface area contributed by atoms with Gasteiger partial charge in [0, 0.05) is 125 Å². The summed E-state index contributed by atoms with van der Waals surface area (Å²) in [6, 6.07) is 76.5. The molecule has 0 aromatic heterocycles. The number of hydrogen-bond donors (Lipinski definition) is 4. The second kappa shape index (κ2) is 48.8. The number of carbonyl (C=O) groups is 8. The van der Waals surface area contributed by atoms with Crippen molar-refractivity contribution in [1.29, 1.82) is 0 Å². The molecule has 6 fully saturated rings. The normalized spacial score (nSPS) is 20.0. The number of alkyl carbamates (subject to hydrolysis) is 3. The molecule has 139 heavy (non-hydrogen) atoms. The Bertz CT molecular complexity index is 4990. The standard InChI is InChI=1S/3C36H45N3O4.C4H8O2.C2H4O2/c3*1-26-7-13-29(14-8-26)36(30-15-17-32(42-5)18-16-30)20-6-21-38(25-36)23-27-9-11-28(12-10-27)33(40)39-22-19-31(24-39)37-34(41)43-35(2,3)4;1-3-6-4(2)5;1-2(3)4/h3*7-18,31H,6,19-25H2,1-5H3,(H,37,41);3H2,1-2H3;1H3,(H,3,4). The summed E-state index contributed by atoms with van der Waals surface area (Å²) in [5, 5.41) is 16.1. The molecule has 6 saturated heterocycles. The zero-order valence-electron chi connectivity index (χ0n) is 84.9. The largest absolute Gasteiger partial charge is 0.497 e. The fourth-order valence-electron chi connectivity index (χ4n) is 19.5. The van der Waals surface area contributed by atoms with Crippen LogP contribution in [0.15, 0.2) is 218 Å². The molecular weight excluding hydrogens is 1750 g/mol. The highest BCUT2D eigenvalue weighted by Crippen LogP contribution is 2.46. The van der Waals surface area contributed by atoms with Gasteiger partial charge < -0.3 is 68.9 Å². The van der Waals surface area contributed by atoms with E-state index < -0.39 is 41.1 Å². The summed E-state index contributed by atoms with van der Waals surface area (Å²) in [6.07, 6.45) is 7.41. The molecule has 9 aromatic carbocycles. The van der Waals surface area contributed by atoms with Gasteiger partial charge in [-0.25, -0.2) is 14.4 Å². The average Bonchev–Trinajstić information content (AvgIpc) is 0.832. The van der Waals surface area contributed by atoms with Gasteiger partial charge in [0.25, 0.3) is 23.7 Å². The number of piperidine rings is 3. The van der Waals surface area contributed by atoms with Crippen LogP contribution in [0.25, 0.3) is 0 Å². The second-order valence-corrected chi connectivity index (χ2v) is 40.7. The highest BCUT2D eigenvalue weighted by Gasteiger charge is 2.43.